The van der Waals surface area contributed by atoms with E-state index in [9.17, 15) is 18.3 Å². The SMILES string of the molecule is Nc1ccc(-c2cc(OCC(O)CN3C[C@H]4CC[C@@H](C3)O4)cc(C(F)(F)F)c2)cn1. The number of hydrogen-bond acceptors (Lipinski definition) is 6. The van der Waals surface area contributed by atoms with Crippen LogP contribution in [-0.2, 0) is 10.9 Å². The highest BCUT2D eigenvalue weighted by atomic mass is 19.4. The van der Waals surface area contributed by atoms with Crippen molar-refractivity contribution in [1.82, 2.24) is 9.88 Å². The van der Waals surface area contributed by atoms with Gasteiger partial charge in [0.1, 0.15) is 24.3 Å². The molecule has 3 heterocycles. The van der Waals surface area contributed by atoms with E-state index in [1.54, 1.807) is 6.07 Å². The quantitative estimate of drug-likeness (QED) is 0.744. The van der Waals surface area contributed by atoms with E-state index in [-0.39, 0.29) is 30.4 Å². The Morgan fingerprint density at radius 3 is 2.53 bits per heavy atom. The normalized spacial score (nSPS) is 22.8. The van der Waals surface area contributed by atoms with Crippen LogP contribution in [0.15, 0.2) is 36.5 Å². The fourth-order valence-corrected chi connectivity index (χ4v) is 3.98. The second-order valence-electron chi connectivity index (χ2n) is 7.86. The maximum atomic E-state index is 13.4. The van der Waals surface area contributed by atoms with E-state index in [0.717, 1.165) is 38.1 Å². The van der Waals surface area contributed by atoms with E-state index in [2.05, 4.69) is 9.88 Å². The van der Waals surface area contributed by atoms with Crippen molar-refractivity contribution in [2.45, 2.75) is 37.3 Å². The summed E-state index contributed by atoms with van der Waals surface area (Å²) in [5.74, 6) is 0.319. The average Bonchev–Trinajstić information content (AvgIpc) is 3.04. The lowest BCUT2D eigenvalue weighted by Gasteiger charge is -2.33. The summed E-state index contributed by atoms with van der Waals surface area (Å²) in [5, 5.41) is 10.3. The molecule has 0 spiro atoms. The topological polar surface area (TPSA) is 80.8 Å². The predicted molar refractivity (Wildman–Crippen MR) is 105 cm³/mol. The van der Waals surface area contributed by atoms with Crippen molar-refractivity contribution in [3.05, 3.63) is 42.1 Å². The number of fused-ring (bicyclic) bond motifs is 2. The molecule has 9 heteroatoms. The van der Waals surface area contributed by atoms with Crippen LogP contribution in [0, 0.1) is 0 Å². The highest BCUT2D eigenvalue weighted by molar-refractivity contribution is 5.66. The number of rotatable bonds is 6. The second-order valence-corrected chi connectivity index (χ2v) is 7.86. The van der Waals surface area contributed by atoms with Crippen LogP contribution in [0.1, 0.15) is 18.4 Å². The fraction of sp³-hybridized carbons (Fsp3) is 0.476. The van der Waals surface area contributed by atoms with Crippen molar-refractivity contribution in [2.24, 2.45) is 0 Å². The molecule has 30 heavy (non-hydrogen) atoms. The number of nitrogen functional groups attached to an aromatic ring is 1. The van der Waals surface area contributed by atoms with Gasteiger partial charge in [-0.3, -0.25) is 4.90 Å². The van der Waals surface area contributed by atoms with E-state index in [1.165, 1.54) is 18.3 Å². The van der Waals surface area contributed by atoms with Crippen LogP contribution < -0.4 is 10.5 Å². The van der Waals surface area contributed by atoms with E-state index in [4.69, 9.17) is 15.2 Å². The number of aliphatic hydroxyl groups is 1. The zero-order chi connectivity index (χ0) is 21.3. The highest BCUT2D eigenvalue weighted by Gasteiger charge is 2.34. The van der Waals surface area contributed by atoms with Crippen LogP contribution in [0.5, 0.6) is 5.75 Å². The number of hydrogen-bond donors (Lipinski definition) is 2. The minimum Gasteiger partial charge on any atom is -0.491 e. The number of nitrogens with two attached hydrogens (primary N) is 1. The average molecular weight is 423 g/mol. The van der Waals surface area contributed by atoms with Gasteiger partial charge in [-0.25, -0.2) is 4.98 Å². The monoisotopic (exact) mass is 423 g/mol. The number of ether oxygens (including phenoxy) is 2. The van der Waals surface area contributed by atoms with Gasteiger partial charge >= 0.3 is 6.18 Å². The van der Waals surface area contributed by atoms with Gasteiger partial charge in [0.05, 0.1) is 17.8 Å². The van der Waals surface area contributed by atoms with Gasteiger partial charge in [0.25, 0.3) is 0 Å². The van der Waals surface area contributed by atoms with Gasteiger partial charge < -0.3 is 20.3 Å². The summed E-state index contributed by atoms with van der Waals surface area (Å²) < 4.78 is 51.4. The molecule has 0 aliphatic carbocycles. The van der Waals surface area contributed by atoms with Crippen LogP contribution in [0.4, 0.5) is 19.0 Å². The molecule has 162 valence electrons. The summed E-state index contributed by atoms with van der Waals surface area (Å²) in [6, 6.07) is 6.61. The van der Waals surface area contributed by atoms with Gasteiger partial charge in [-0.1, -0.05) is 0 Å². The van der Waals surface area contributed by atoms with Crippen molar-refractivity contribution in [3.8, 4) is 16.9 Å². The first kappa shape index (κ1) is 20.9. The molecule has 0 amide bonds. The molecule has 2 saturated heterocycles. The Hall–Kier alpha value is -2.36. The third-order valence-corrected chi connectivity index (χ3v) is 5.38. The van der Waals surface area contributed by atoms with Crippen LogP contribution in [0.3, 0.4) is 0 Å². The van der Waals surface area contributed by atoms with Crippen LogP contribution >= 0.6 is 0 Å². The number of anilines is 1. The minimum atomic E-state index is -4.53. The molecule has 2 bridgehead atoms. The van der Waals surface area contributed by atoms with Crippen molar-refractivity contribution in [2.75, 3.05) is 32.0 Å². The molecule has 1 aromatic carbocycles. The van der Waals surface area contributed by atoms with Crippen molar-refractivity contribution >= 4 is 5.82 Å². The van der Waals surface area contributed by atoms with E-state index >= 15 is 0 Å². The number of aliphatic hydroxyl groups excluding tert-OH is 1. The van der Waals surface area contributed by atoms with Gasteiger partial charge in [0, 0.05) is 31.4 Å². The van der Waals surface area contributed by atoms with Gasteiger partial charge in [0.15, 0.2) is 0 Å². The first-order valence-electron chi connectivity index (χ1n) is 9.89. The number of nitrogens with zero attached hydrogens (tertiary/aromatic N) is 2. The zero-order valence-electron chi connectivity index (χ0n) is 16.3. The molecule has 3 atom stereocenters. The van der Waals surface area contributed by atoms with E-state index < -0.39 is 17.8 Å². The maximum Gasteiger partial charge on any atom is 0.416 e. The number of halogens is 3. The van der Waals surface area contributed by atoms with Crippen LogP contribution in [-0.4, -0.2) is 59.5 Å². The smallest absolute Gasteiger partial charge is 0.416 e. The van der Waals surface area contributed by atoms with Crippen LogP contribution in [0.2, 0.25) is 0 Å². The standard InChI is InChI=1S/C21H24F3N3O3/c22-21(23,24)15-5-14(13-1-4-20(25)26-8-13)6-19(7-15)29-12-16(28)9-27-10-17-2-3-18(11-27)30-17/h1,4-8,16-18,28H,2-3,9-12H2,(H2,25,26)/t16?,17-,18+. The third kappa shape index (κ3) is 5.03. The fourth-order valence-electron chi connectivity index (χ4n) is 3.98. The Kier molecular flexibility index (Phi) is 5.86. The lowest BCUT2D eigenvalue weighted by molar-refractivity contribution is -0.137. The molecule has 4 rings (SSSR count). The highest BCUT2D eigenvalue weighted by Crippen LogP contribution is 2.35. The molecule has 3 N–H and O–H groups in total. The molecule has 2 aromatic rings. The summed E-state index contributed by atoms with van der Waals surface area (Å²) in [6.45, 7) is 1.80. The molecule has 6 nitrogen and oxygen atoms in total. The molecular weight excluding hydrogens is 399 g/mol. The predicted octanol–water partition coefficient (Wildman–Crippen LogP) is 2.95. The molecule has 0 saturated carbocycles. The number of benzene rings is 1. The Bertz CT molecular complexity index is 864. The van der Waals surface area contributed by atoms with Gasteiger partial charge in [-0.2, -0.15) is 13.2 Å². The number of pyridine rings is 1. The van der Waals surface area contributed by atoms with E-state index in [1.807, 2.05) is 0 Å². The number of morpholine rings is 1. The summed E-state index contributed by atoms with van der Waals surface area (Å²) in [5.41, 5.74) is 5.53. The summed E-state index contributed by atoms with van der Waals surface area (Å²) >= 11 is 0. The van der Waals surface area contributed by atoms with Gasteiger partial charge in [-0.15, -0.1) is 0 Å². The lowest BCUT2D eigenvalue weighted by atomic mass is 10.0. The van der Waals surface area contributed by atoms with Crippen molar-refractivity contribution in [1.29, 1.82) is 0 Å². The van der Waals surface area contributed by atoms with Gasteiger partial charge in [0.2, 0.25) is 0 Å². The van der Waals surface area contributed by atoms with Gasteiger partial charge in [-0.05, 0) is 48.7 Å². The number of likely N-dealkylation sites (tertiary alicyclic amines) is 1. The Labute approximate surface area is 172 Å². The Morgan fingerprint density at radius 2 is 1.90 bits per heavy atom. The van der Waals surface area contributed by atoms with E-state index in [0.29, 0.717) is 17.7 Å². The lowest BCUT2D eigenvalue weighted by Crippen LogP contribution is -2.46. The number of β-amino-alcohol motifs (C(OH)–C–C–N with tert-alkyl or cyclic N) is 1. The minimum absolute atomic E-state index is 0.0396. The first-order chi connectivity index (χ1) is 14.3. The van der Waals surface area contributed by atoms with Crippen molar-refractivity contribution in [3.63, 3.8) is 0 Å². The first-order valence-corrected chi connectivity index (χ1v) is 9.89. The molecule has 1 unspecified atom stereocenters. The molecule has 2 aliphatic rings. The van der Waals surface area contributed by atoms with Crippen molar-refractivity contribution < 1.29 is 27.8 Å². The molecule has 0 radical (unpaired) electrons. The largest absolute Gasteiger partial charge is 0.491 e. The summed E-state index contributed by atoms with van der Waals surface area (Å²) in [4.78, 5) is 6.06. The van der Waals surface area contributed by atoms with Crippen LogP contribution in [0.25, 0.3) is 11.1 Å². The summed E-state index contributed by atoms with van der Waals surface area (Å²) in [7, 11) is 0. The molecule has 2 fully saturated rings. The number of alkyl halides is 3. The maximum absolute atomic E-state index is 13.4. The summed E-state index contributed by atoms with van der Waals surface area (Å²) in [6.07, 6.45) is -1.47. The molecule has 1 aromatic heterocycles. The molecular formula is C21H24F3N3O3. The number of aromatic nitrogens is 1. The third-order valence-electron chi connectivity index (χ3n) is 5.38. The molecule has 2 aliphatic heterocycles. The zero-order valence-corrected chi connectivity index (χ0v) is 16.3. The Balaban J connectivity index is 1.44. The second kappa shape index (κ2) is 8.41. The Morgan fingerprint density at radius 1 is 1.17 bits per heavy atom.